The number of nitrogens with two attached hydrogens (primary N) is 1. The molecule has 0 radical (unpaired) electrons. The average molecular weight is 322 g/mol. The maximum atomic E-state index is 11.9. The summed E-state index contributed by atoms with van der Waals surface area (Å²) in [6.07, 6.45) is 1.11. The van der Waals surface area contributed by atoms with Crippen molar-refractivity contribution in [2.75, 3.05) is 7.05 Å². The Morgan fingerprint density at radius 1 is 1.22 bits per heavy atom. The molecule has 6 heteroatoms. The van der Waals surface area contributed by atoms with E-state index in [-0.39, 0.29) is 18.1 Å². The van der Waals surface area contributed by atoms with E-state index in [2.05, 4.69) is 5.32 Å². The minimum atomic E-state index is -0.647. The topological polar surface area (TPSA) is 113 Å². The lowest BCUT2D eigenvalue weighted by Gasteiger charge is -2.21. The molecule has 0 aliphatic heterocycles. The molecule has 5 N–H and O–H groups in total. The molecule has 0 spiro atoms. The van der Waals surface area contributed by atoms with Crippen LogP contribution in [0.1, 0.15) is 31.7 Å². The van der Waals surface area contributed by atoms with Gasteiger partial charge < -0.3 is 21.3 Å². The van der Waals surface area contributed by atoms with Gasteiger partial charge in [-0.1, -0.05) is 19.1 Å². The summed E-state index contributed by atoms with van der Waals surface area (Å²) in [5.41, 5.74) is 6.25. The number of carbonyl (C=O) groups is 2. The van der Waals surface area contributed by atoms with Crippen molar-refractivity contribution in [3.8, 4) is 5.75 Å². The van der Waals surface area contributed by atoms with E-state index >= 15 is 0 Å². The molecule has 128 valence electrons. The Kier molecular flexibility index (Phi) is 7.54. The number of amides is 2. The summed E-state index contributed by atoms with van der Waals surface area (Å²) in [6.45, 7) is 1.68. The van der Waals surface area contributed by atoms with Gasteiger partial charge in [0.15, 0.2) is 0 Å². The highest BCUT2D eigenvalue weighted by Crippen LogP contribution is 2.20. The maximum absolute atomic E-state index is 11.9. The van der Waals surface area contributed by atoms with Gasteiger partial charge in [0.1, 0.15) is 5.75 Å². The van der Waals surface area contributed by atoms with E-state index in [4.69, 9.17) is 5.73 Å². The van der Waals surface area contributed by atoms with Gasteiger partial charge in [-0.25, -0.2) is 0 Å². The number of phenols is 1. The van der Waals surface area contributed by atoms with Crippen LogP contribution < -0.4 is 11.1 Å². The first-order valence-corrected chi connectivity index (χ1v) is 7.80. The summed E-state index contributed by atoms with van der Waals surface area (Å²) < 4.78 is 0. The number of carbonyl (C=O) groups excluding carboxylic acids is 2. The van der Waals surface area contributed by atoms with Crippen LogP contribution in [0, 0.1) is 11.8 Å². The van der Waals surface area contributed by atoms with E-state index in [1.165, 1.54) is 7.05 Å². The SMILES string of the molecule is CNC(=O)[C@H](CC(C)C(N)=O)C[C@@H](O)CCc1ccc(O)cc1. The Bertz CT molecular complexity index is 516. The summed E-state index contributed by atoms with van der Waals surface area (Å²) in [5.74, 6) is -1.30. The van der Waals surface area contributed by atoms with Crippen LogP contribution in [0.25, 0.3) is 0 Å². The van der Waals surface area contributed by atoms with E-state index in [9.17, 15) is 19.8 Å². The van der Waals surface area contributed by atoms with Gasteiger partial charge in [0, 0.05) is 18.9 Å². The number of nitrogens with one attached hydrogen (secondary N) is 1. The van der Waals surface area contributed by atoms with Crippen molar-refractivity contribution in [1.29, 1.82) is 0 Å². The monoisotopic (exact) mass is 322 g/mol. The maximum Gasteiger partial charge on any atom is 0.222 e. The van der Waals surface area contributed by atoms with Gasteiger partial charge in [-0.05, 0) is 43.4 Å². The van der Waals surface area contributed by atoms with Crippen LogP contribution in [-0.4, -0.2) is 35.2 Å². The molecule has 0 saturated heterocycles. The molecule has 2 amide bonds. The van der Waals surface area contributed by atoms with Gasteiger partial charge in [0.2, 0.25) is 11.8 Å². The molecule has 0 heterocycles. The van der Waals surface area contributed by atoms with E-state index in [1.807, 2.05) is 0 Å². The standard InChI is InChI=1S/C17H26N2O4/c1-11(16(18)22)9-13(17(23)19-2)10-15(21)8-5-12-3-6-14(20)7-4-12/h3-4,6-7,11,13,15,20-21H,5,8-10H2,1-2H3,(H2,18,22)(H,19,23)/t11?,13-,15+/m1/s1. The number of aromatic hydroxyl groups is 1. The summed E-state index contributed by atoms with van der Waals surface area (Å²) in [5, 5.41) is 22.0. The van der Waals surface area contributed by atoms with Gasteiger partial charge in [-0.15, -0.1) is 0 Å². The van der Waals surface area contributed by atoms with E-state index in [0.29, 0.717) is 19.3 Å². The van der Waals surface area contributed by atoms with Gasteiger partial charge in [0.05, 0.1) is 6.10 Å². The zero-order chi connectivity index (χ0) is 17.4. The first-order chi connectivity index (χ1) is 10.8. The molecule has 0 aromatic heterocycles. The quantitative estimate of drug-likeness (QED) is 0.542. The second kappa shape index (κ2) is 9.15. The average Bonchev–Trinajstić information content (AvgIpc) is 2.52. The summed E-state index contributed by atoms with van der Waals surface area (Å²) in [7, 11) is 1.53. The largest absolute Gasteiger partial charge is 0.508 e. The van der Waals surface area contributed by atoms with Gasteiger partial charge >= 0.3 is 0 Å². The summed E-state index contributed by atoms with van der Waals surface area (Å²) >= 11 is 0. The molecule has 0 aliphatic rings. The lowest BCUT2D eigenvalue weighted by atomic mass is 9.88. The highest BCUT2D eigenvalue weighted by atomic mass is 16.3. The van der Waals surface area contributed by atoms with Crippen LogP contribution in [0.15, 0.2) is 24.3 Å². The van der Waals surface area contributed by atoms with Crippen molar-refractivity contribution in [3.63, 3.8) is 0 Å². The Morgan fingerprint density at radius 2 is 1.83 bits per heavy atom. The first-order valence-electron chi connectivity index (χ1n) is 7.80. The molecule has 23 heavy (non-hydrogen) atoms. The van der Waals surface area contributed by atoms with Crippen molar-refractivity contribution < 1.29 is 19.8 Å². The van der Waals surface area contributed by atoms with Gasteiger partial charge in [-0.2, -0.15) is 0 Å². The smallest absolute Gasteiger partial charge is 0.222 e. The van der Waals surface area contributed by atoms with Gasteiger partial charge in [-0.3, -0.25) is 9.59 Å². The minimum Gasteiger partial charge on any atom is -0.508 e. The fraction of sp³-hybridized carbons (Fsp3) is 0.529. The van der Waals surface area contributed by atoms with Crippen LogP contribution >= 0.6 is 0 Å². The zero-order valence-corrected chi connectivity index (χ0v) is 13.7. The van der Waals surface area contributed by atoms with E-state index in [0.717, 1.165) is 5.56 Å². The third-order valence-corrected chi connectivity index (χ3v) is 4.00. The third kappa shape index (κ3) is 6.69. The number of phenolic OH excluding ortho intramolecular Hbond substituents is 1. The predicted octanol–water partition coefficient (Wildman–Crippen LogP) is 0.950. The number of rotatable bonds is 9. The summed E-state index contributed by atoms with van der Waals surface area (Å²) in [4.78, 5) is 23.1. The molecule has 0 bridgehead atoms. The molecule has 1 aromatic carbocycles. The number of aliphatic hydroxyl groups excluding tert-OH is 1. The number of hydrogen-bond acceptors (Lipinski definition) is 4. The van der Waals surface area contributed by atoms with Crippen LogP contribution in [0.4, 0.5) is 0 Å². The number of aliphatic hydroxyl groups is 1. The van der Waals surface area contributed by atoms with Crippen molar-refractivity contribution >= 4 is 11.8 Å². The number of hydrogen-bond donors (Lipinski definition) is 4. The molecule has 1 aromatic rings. The second-order valence-electron chi connectivity index (χ2n) is 5.94. The van der Waals surface area contributed by atoms with Gasteiger partial charge in [0.25, 0.3) is 0 Å². The van der Waals surface area contributed by atoms with Crippen molar-refractivity contribution in [2.24, 2.45) is 17.6 Å². The highest BCUT2D eigenvalue weighted by Gasteiger charge is 2.25. The van der Waals surface area contributed by atoms with Crippen molar-refractivity contribution in [3.05, 3.63) is 29.8 Å². The fourth-order valence-electron chi connectivity index (χ4n) is 2.50. The number of benzene rings is 1. The normalized spacial score (nSPS) is 14.7. The Hall–Kier alpha value is -2.08. The minimum absolute atomic E-state index is 0.193. The Balaban J connectivity index is 2.55. The Labute approximate surface area is 136 Å². The molecule has 1 unspecified atom stereocenters. The first kappa shape index (κ1) is 19.0. The third-order valence-electron chi connectivity index (χ3n) is 4.00. The number of primary amides is 1. The van der Waals surface area contributed by atoms with Crippen LogP contribution in [0.3, 0.4) is 0 Å². The zero-order valence-electron chi connectivity index (χ0n) is 13.7. The molecule has 6 nitrogen and oxygen atoms in total. The Morgan fingerprint density at radius 3 is 2.35 bits per heavy atom. The van der Waals surface area contributed by atoms with Crippen LogP contribution in [0.5, 0.6) is 5.75 Å². The lowest BCUT2D eigenvalue weighted by molar-refractivity contribution is -0.127. The molecular weight excluding hydrogens is 296 g/mol. The number of aryl methyl sites for hydroxylation is 1. The molecule has 0 aliphatic carbocycles. The van der Waals surface area contributed by atoms with E-state index < -0.39 is 23.8 Å². The molecular formula is C17H26N2O4. The molecule has 1 rings (SSSR count). The van der Waals surface area contributed by atoms with E-state index in [1.54, 1.807) is 31.2 Å². The highest BCUT2D eigenvalue weighted by molar-refractivity contribution is 5.80. The van der Waals surface area contributed by atoms with Crippen molar-refractivity contribution in [2.45, 2.75) is 38.7 Å². The molecule has 3 atom stereocenters. The van der Waals surface area contributed by atoms with Crippen molar-refractivity contribution in [1.82, 2.24) is 5.32 Å². The van der Waals surface area contributed by atoms with Crippen LogP contribution in [0.2, 0.25) is 0 Å². The molecule has 0 saturated carbocycles. The van der Waals surface area contributed by atoms with Crippen LogP contribution in [-0.2, 0) is 16.0 Å². The lowest BCUT2D eigenvalue weighted by Crippen LogP contribution is -2.34. The summed E-state index contributed by atoms with van der Waals surface area (Å²) in [6, 6.07) is 6.80. The molecule has 0 fully saturated rings. The fourth-order valence-corrected chi connectivity index (χ4v) is 2.50. The predicted molar refractivity (Wildman–Crippen MR) is 87.6 cm³/mol. The second-order valence-corrected chi connectivity index (χ2v) is 5.94.